The molecule has 0 aromatic heterocycles. The zero-order valence-corrected chi connectivity index (χ0v) is 12.0. The third kappa shape index (κ3) is 6.38. The van der Waals surface area contributed by atoms with Gasteiger partial charge in [-0.15, -0.1) is 0 Å². The lowest BCUT2D eigenvalue weighted by Crippen LogP contribution is -2.39. The monoisotopic (exact) mass is 262 g/mol. The van der Waals surface area contributed by atoms with Crippen LogP contribution in [0.25, 0.3) is 0 Å². The summed E-state index contributed by atoms with van der Waals surface area (Å²) in [6, 6.07) is 0.723. The molecule has 2 N–H and O–H groups in total. The van der Waals surface area contributed by atoms with Gasteiger partial charge in [0.1, 0.15) is 0 Å². The molecule has 0 spiro atoms. The van der Waals surface area contributed by atoms with Crippen molar-refractivity contribution in [1.82, 2.24) is 10.0 Å². The summed E-state index contributed by atoms with van der Waals surface area (Å²) in [7, 11) is -3.11. The normalized spacial score (nSPS) is 18.6. The van der Waals surface area contributed by atoms with E-state index in [9.17, 15) is 8.42 Å². The van der Waals surface area contributed by atoms with Gasteiger partial charge in [0.25, 0.3) is 0 Å². The Labute approximate surface area is 106 Å². The van der Waals surface area contributed by atoms with Gasteiger partial charge in [0.2, 0.25) is 10.0 Å². The van der Waals surface area contributed by atoms with E-state index < -0.39 is 10.0 Å². The van der Waals surface area contributed by atoms with Gasteiger partial charge in [-0.25, -0.2) is 13.1 Å². The molecule has 1 aliphatic rings. The van der Waals surface area contributed by atoms with Crippen LogP contribution in [0.1, 0.15) is 46.5 Å². The minimum absolute atomic E-state index is 0.0661. The van der Waals surface area contributed by atoms with Crippen molar-refractivity contribution in [3.05, 3.63) is 0 Å². The largest absolute Gasteiger partial charge is 0.314 e. The van der Waals surface area contributed by atoms with E-state index in [1.807, 2.05) is 20.8 Å². The molecule has 0 aromatic carbocycles. The van der Waals surface area contributed by atoms with E-state index in [1.54, 1.807) is 0 Å². The predicted octanol–water partition coefficient (Wildman–Crippen LogP) is 1.48. The molecule has 17 heavy (non-hydrogen) atoms. The molecular formula is C12H26N2O2S. The Morgan fingerprint density at radius 1 is 1.29 bits per heavy atom. The maximum Gasteiger partial charge on any atom is 0.211 e. The third-order valence-electron chi connectivity index (χ3n) is 3.18. The Kier molecular flexibility index (Phi) is 5.89. The van der Waals surface area contributed by atoms with Crippen LogP contribution in [-0.2, 0) is 10.0 Å². The molecule has 0 aliphatic heterocycles. The van der Waals surface area contributed by atoms with Crippen LogP contribution in [0, 0.1) is 5.92 Å². The van der Waals surface area contributed by atoms with Crippen LogP contribution in [-0.4, -0.2) is 32.8 Å². The molecule has 1 saturated carbocycles. The fourth-order valence-electron chi connectivity index (χ4n) is 1.84. The molecule has 1 aliphatic carbocycles. The smallest absolute Gasteiger partial charge is 0.211 e. The van der Waals surface area contributed by atoms with Gasteiger partial charge in [0.15, 0.2) is 0 Å². The van der Waals surface area contributed by atoms with Gasteiger partial charge in [-0.05, 0) is 38.1 Å². The van der Waals surface area contributed by atoms with Crippen molar-refractivity contribution in [1.29, 1.82) is 0 Å². The Morgan fingerprint density at radius 3 is 2.41 bits per heavy atom. The molecule has 0 saturated heterocycles. The molecule has 5 heteroatoms. The Balaban J connectivity index is 2.23. The van der Waals surface area contributed by atoms with Crippen molar-refractivity contribution in [2.75, 3.05) is 12.3 Å². The van der Waals surface area contributed by atoms with Crippen LogP contribution in [0.3, 0.4) is 0 Å². The SMILES string of the molecule is CCC(NS(=O)(=O)CCCNC1CC1)C(C)C. The van der Waals surface area contributed by atoms with Crippen LogP contribution in [0.2, 0.25) is 0 Å². The number of nitrogens with one attached hydrogen (secondary N) is 2. The van der Waals surface area contributed by atoms with E-state index in [1.165, 1.54) is 12.8 Å². The van der Waals surface area contributed by atoms with E-state index in [2.05, 4.69) is 10.0 Å². The summed E-state index contributed by atoms with van der Waals surface area (Å²) >= 11 is 0. The minimum atomic E-state index is -3.11. The number of hydrogen-bond donors (Lipinski definition) is 2. The van der Waals surface area contributed by atoms with Crippen molar-refractivity contribution < 1.29 is 8.42 Å². The van der Waals surface area contributed by atoms with Gasteiger partial charge < -0.3 is 5.32 Å². The lowest BCUT2D eigenvalue weighted by atomic mass is 10.0. The van der Waals surface area contributed by atoms with Gasteiger partial charge >= 0.3 is 0 Å². The topological polar surface area (TPSA) is 58.2 Å². The third-order valence-corrected chi connectivity index (χ3v) is 4.66. The second kappa shape index (κ2) is 6.71. The van der Waals surface area contributed by atoms with Crippen LogP contribution in [0.5, 0.6) is 0 Å². The van der Waals surface area contributed by atoms with Crippen LogP contribution in [0.15, 0.2) is 0 Å². The van der Waals surface area contributed by atoms with E-state index in [-0.39, 0.29) is 11.8 Å². The molecule has 0 radical (unpaired) electrons. The first-order valence-electron chi connectivity index (χ1n) is 6.68. The molecule has 1 fully saturated rings. The fraction of sp³-hybridized carbons (Fsp3) is 1.00. The molecule has 1 atom stereocenters. The van der Waals surface area contributed by atoms with E-state index in [0.717, 1.165) is 13.0 Å². The maximum atomic E-state index is 11.8. The van der Waals surface area contributed by atoms with Crippen molar-refractivity contribution in [3.8, 4) is 0 Å². The van der Waals surface area contributed by atoms with Crippen molar-refractivity contribution in [2.45, 2.75) is 58.5 Å². The second-order valence-electron chi connectivity index (χ2n) is 5.28. The lowest BCUT2D eigenvalue weighted by molar-refractivity contribution is 0.437. The van der Waals surface area contributed by atoms with E-state index >= 15 is 0 Å². The average Bonchev–Trinajstić information content (AvgIpc) is 3.04. The molecule has 1 unspecified atom stereocenters. The predicted molar refractivity (Wildman–Crippen MR) is 71.5 cm³/mol. The van der Waals surface area contributed by atoms with Gasteiger partial charge in [-0.1, -0.05) is 20.8 Å². The summed E-state index contributed by atoms with van der Waals surface area (Å²) in [5.41, 5.74) is 0. The first kappa shape index (κ1) is 14.9. The average molecular weight is 262 g/mol. The summed E-state index contributed by atoms with van der Waals surface area (Å²) in [6.07, 6.45) is 4.03. The maximum absolute atomic E-state index is 11.8. The lowest BCUT2D eigenvalue weighted by Gasteiger charge is -2.20. The fourth-order valence-corrected chi connectivity index (χ4v) is 3.38. The highest BCUT2D eigenvalue weighted by atomic mass is 32.2. The molecule has 0 bridgehead atoms. The highest BCUT2D eigenvalue weighted by Gasteiger charge is 2.21. The summed E-state index contributed by atoms with van der Waals surface area (Å²) in [4.78, 5) is 0. The first-order chi connectivity index (χ1) is 7.94. The van der Waals surface area contributed by atoms with Gasteiger partial charge in [0.05, 0.1) is 5.75 Å². The molecule has 4 nitrogen and oxygen atoms in total. The Morgan fingerprint density at radius 2 is 1.94 bits per heavy atom. The van der Waals surface area contributed by atoms with Crippen molar-refractivity contribution >= 4 is 10.0 Å². The number of sulfonamides is 1. The van der Waals surface area contributed by atoms with Crippen LogP contribution < -0.4 is 10.0 Å². The van der Waals surface area contributed by atoms with Gasteiger partial charge in [-0.3, -0.25) is 0 Å². The first-order valence-corrected chi connectivity index (χ1v) is 8.33. The standard InChI is InChI=1S/C12H26N2O2S/c1-4-12(10(2)3)14-17(15,16)9-5-8-13-11-6-7-11/h10-14H,4-9H2,1-3H3. The summed E-state index contributed by atoms with van der Waals surface area (Å²) in [5.74, 6) is 0.579. The molecule has 102 valence electrons. The quantitative estimate of drug-likeness (QED) is 0.619. The van der Waals surface area contributed by atoms with E-state index in [0.29, 0.717) is 18.4 Å². The summed E-state index contributed by atoms with van der Waals surface area (Å²) in [5, 5.41) is 3.33. The van der Waals surface area contributed by atoms with E-state index in [4.69, 9.17) is 0 Å². The Bertz CT molecular complexity index is 310. The van der Waals surface area contributed by atoms with Crippen molar-refractivity contribution in [3.63, 3.8) is 0 Å². The highest BCUT2D eigenvalue weighted by Crippen LogP contribution is 2.18. The van der Waals surface area contributed by atoms with Gasteiger partial charge in [0, 0.05) is 12.1 Å². The molecule has 1 rings (SSSR count). The Hall–Kier alpha value is -0.130. The van der Waals surface area contributed by atoms with Crippen LogP contribution >= 0.6 is 0 Å². The molecule has 0 heterocycles. The van der Waals surface area contributed by atoms with Gasteiger partial charge in [-0.2, -0.15) is 0 Å². The van der Waals surface area contributed by atoms with Crippen molar-refractivity contribution in [2.24, 2.45) is 5.92 Å². The summed E-state index contributed by atoms with van der Waals surface area (Å²) < 4.78 is 26.4. The van der Waals surface area contributed by atoms with Crippen LogP contribution in [0.4, 0.5) is 0 Å². The zero-order valence-electron chi connectivity index (χ0n) is 11.2. The molecule has 0 amide bonds. The second-order valence-corrected chi connectivity index (χ2v) is 7.15. The number of hydrogen-bond acceptors (Lipinski definition) is 3. The minimum Gasteiger partial charge on any atom is -0.314 e. The molecular weight excluding hydrogens is 236 g/mol. The summed E-state index contributed by atoms with van der Waals surface area (Å²) in [6.45, 7) is 6.92. The molecule has 0 aromatic rings. The zero-order chi connectivity index (χ0) is 12.9. The number of rotatable bonds is 9. The highest BCUT2D eigenvalue weighted by molar-refractivity contribution is 7.89.